The van der Waals surface area contributed by atoms with Gasteiger partial charge in [-0.2, -0.15) is 13.2 Å². The maximum Gasteiger partial charge on any atom is 0.422 e. The number of pyridine rings is 1. The Balaban J connectivity index is 0.00000392. The lowest BCUT2D eigenvalue weighted by atomic mass is 10.2. The van der Waals surface area contributed by atoms with Gasteiger partial charge in [-0.05, 0) is 18.2 Å². The van der Waals surface area contributed by atoms with Gasteiger partial charge >= 0.3 is 6.18 Å². The van der Waals surface area contributed by atoms with Crippen molar-refractivity contribution in [2.75, 3.05) is 26.1 Å². The first-order chi connectivity index (χ1) is 12.8. The quantitative estimate of drug-likeness (QED) is 0.335. The fourth-order valence-electron chi connectivity index (χ4n) is 2.08. The third-order valence-corrected chi connectivity index (χ3v) is 3.31. The van der Waals surface area contributed by atoms with Gasteiger partial charge in [0.2, 0.25) is 5.88 Å². The largest absolute Gasteiger partial charge is 0.497 e. The number of nitrogens with one attached hydrogen (secondary N) is 1. The first-order valence-electron chi connectivity index (χ1n) is 7.75. The molecule has 2 rings (SSSR count). The van der Waals surface area contributed by atoms with Crippen LogP contribution in [0.15, 0.2) is 41.5 Å². The molecule has 0 aliphatic carbocycles. The van der Waals surface area contributed by atoms with Crippen LogP contribution in [-0.4, -0.2) is 37.9 Å². The summed E-state index contributed by atoms with van der Waals surface area (Å²) in [7, 11) is 3.02. The molecule has 154 valence electrons. The maximum atomic E-state index is 12.3. The summed E-state index contributed by atoms with van der Waals surface area (Å²) in [4.78, 5) is 7.92. The molecule has 11 heteroatoms. The third kappa shape index (κ3) is 7.29. The highest BCUT2D eigenvalue weighted by atomic mass is 127. The highest BCUT2D eigenvalue weighted by molar-refractivity contribution is 14.0. The minimum atomic E-state index is -4.46. The van der Waals surface area contributed by atoms with E-state index in [-0.39, 0.29) is 42.4 Å². The second kappa shape index (κ2) is 10.8. The Bertz CT molecular complexity index is 803. The van der Waals surface area contributed by atoms with E-state index in [1.54, 1.807) is 30.3 Å². The molecule has 1 aromatic carbocycles. The second-order valence-electron chi connectivity index (χ2n) is 5.26. The Morgan fingerprint density at radius 3 is 2.61 bits per heavy atom. The summed E-state index contributed by atoms with van der Waals surface area (Å²) < 4.78 is 52.1. The topological polar surface area (TPSA) is 91.0 Å². The Morgan fingerprint density at radius 1 is 1.21 bits per heavy atom. The van der Waals surface area contributed by atoms with Crippen molar-refractivity contribution < 1.29 is 27.4 Å². The number of halogens is 4. The van der Waals surface area contributed by atoms with Crippen LogP contribution in [0.4, 0.5) is 18.9 Å². The maximum absolute atomic E-state index is 12.3. The van der Waals surface area contributed by atoms with Crippen molar-refractivity contribution in [3.63, 3.8) is 0 Å². The predicted molar refractivity (Wildman–Crippen MR) is 110 cm³/mol. The highest BCUT2D eigenvalue weighted by Gasteiger charge is 2.29. The number of methoxy groups -OCH3 is 2. The predicted octanol–water partition coefficient (Wildman–Crippen LogP) is 3.58. The van der Waals surface area contributed by atoms with E-state index >= 15 is 0 Å². The van der Waals surface area contributed by atoms with Crippen molar-refractivity contribution in [3.05, 3.63) is 42.1 Å². The van der Waals surface area contributed by atoms with Crippen molar-refractivity contribution in [2.24, 2.45) is 10.7 Å². The van der Waals surface area contributed by atoms with E-state index in [1.165, 1.54) is 20.4 Å². The van der Waals surface area contributed by atoms with Gasteiger partial charge < -0.3 is 25.3 Å². The molecule has 3 N–H and O–H groups in total. The number of rotatable bonds is 7. The molecule has 2 aromatic rings. The number of nitrogens with zero attached hydrogens (tertiary/aromatic N) is 2. The van der Waals surface area contributed by atoms with E-state index in [4.69, 9.17) is 19.9 Å². The monoisotopic (exact) mass is 512 g/mol. The molecule has 0 bridgehead atoms. The molecule has 7 nitrogen and oxygen atoms in total. The molecule has 1 aromatic heterocycles. The second-order valence-corrected chi connectivity index (χ2v) is 5.26. The number of hydrogen-bond donors (Lipinski definition) is 2. The van der Waals surface area contributed by atoms with E-state index in [1.807, 2.05) is 0 Å². The van der Waals surface area contributed by atoms with Crippen molar-refractivity contribution in [2.45, 2.75) is 12.7 Å². The van der Waals surface area contributed by atoms with Gasteiger partial charge in [0, 0.05) is 17.8 Å². The standard InChI is InChI=1S/C17H19F3N4O3.HI/c1-25-12-5-6-14(26-2)13(8-12)24-16(21)23-9-11-4-3-7-22-15(11)27-10-17(18,19)20;/h3-8H,9-10H2,1-2H3,(H3,21,23,24);1H. The number of benzene rings is 1. The van der Waals surface area contributed by atoms with E-state index in [9.17, 15) is 13.2 Å². The Kier molecular flexibility index (Phi) is 9.09. The number of nitrogens with two attached hydrogens (primary N) is 1. The fourth-order valence-corrected chi connectivity index (χ4v) is 2.08. The molecule has 0 atom stereocenters. The van der Waals surface area contributed by atoms with Gasteiger partial charge in [0.15, 0.2) is 12.6 Å². The summed E-state index contributed by atoms with van der Waals surface area (Å²) in [5.74, 6) is 0.989. The van der Waals surface area contributed by atoms with Crippen LogP contribution in [0, 0.1) is 0 Å². The summed E-state index contributed by atoms with van der Waals surface area (Å²) in [6.07, 6.45) is -3.12. The van der Waals surface area contributed by atoms with Crippen LogP contribution in [0.5, 0.6) is 17.4 Å². The van der Waals surface area contributed by atoms with Gasteiger partial charge in [-0.1, -0.05) is 6.07 Å². The summed E-state index contributed by atoms with van der Waals surface area (Å²) in [5, 5.41) is 2.86. The Morgan fingerprint density at radius 2 is 1.96 bits per heavy atom. The first kappa shape index (κ1) is 23.6. The fraction of sp³-hybridized carbons (Fsp3) is 0.294. The summed E-state index contributed by atoms with van der Waals surface area (Å²) in [5.41, 5.74) is 6.75. The molecule has 0 amide bonds. The lowest BCUT2D eigenvalue weighted by Gasteiger charge is -2.13. The van der Waals surface area contributed by atoms with Crippen LogP contribution in [0.25, 0.3) is 0 Å². The molecule has 0 spiro atoms. The zero-order chi connectivity index (χ0) is 19.9. The first-order valence-corrected chi connectivity index (χ1v) is 7.75. The van der Waals surface area contributed by atoms with Crippen molar-refractivity contribution >= 4 is 35.6 Å². The SMILES string of the molecule is COc1ccc(OC)c(NC(N)=NCc2cccnc2OCC(F)(F)F)c1.I. The van der Waals surface area contributed by atoms with Crippen LogP contribution in [0.1, 0.15) is 5.56 Å². The molecule has 0 saturated heterocycles. The number of aromatic nitrogens is 1. The summed E-state index contributed by atoms with van der Waals surface area (Å²) >= 11 is 0. The minimum absolute atomic E-state index is 0. The smallest absolute Gasteiger partial charge is 0.422 e. The zero-order valence-corrected chi connectivity index (χ0v) is 17.4. The number of anilines is 1. The van der Waals surface area contributed by atoms with Crippen LogP contribution >= 0.6 is 24.0 Å². The average molecular weight is 512 g/mol. The van der Waals surface area contributed by atoms with Gasteiger partial charge in [-0.3, -0.25) is 0 Å². The number of guanidine groups is 1. The van der Waals surface area contributed by atoms with Gasteiger partial charge in [0.1, 0.15) is 11.5 Å². The minimum Gasteiger partial charge on any atom is -0.497 e. The Hall–Kier alpha value is -2.44. The molecule has 0 radical (unpaired) electrons. The van der Waals surface area contributed by atoms with Gasteiger partial charge in [-0.15, -0.1) is 24.0 Å². The summed E-state index contributed by atoms with van der Waals surface area (Å²) in [6.45, 7) is -1.46. The molecule has 1 heterocycles. The Labute approximate surface area is 177 Å². The zero-order valence-electron chi connectivity index (χ0n) is 15.1. The molecule has 0 aliphatic heterocycles. The molecule has 0 aliphatic rings. The van der Waals surface area contributed by atoms with E-state index in [2.05, 4.69) is 15.3 Å². The van der Waals surface area contributed by atoms with Gasteiger partial charge in [0.25, 0.3) is 0 Å². The number of hydrogen-bond acceptors (Lipinski definition) is 5. The number of ether oxygens (including phenoxy) is 3. The van der Waals surface area contributed by atoms with Crippen molar-refractivity contribution in [3.8, 4) is 17.4 Å². The molecule has 0 saturated carbocycles. The van der Waals surface area contributed by atoms with Gasteiger partial charge in [-0.25, -0.2) is 9.98 Å². The molecular formula is C17H20F3IN4O3. The van der Waals surface area contributed by atoms with Gasteiger partial charge in [0.05, 0.1) is 26.5 Å². The van der Waals surface area contributed by atoms with Crippen LogP contribution in [0.2, 0.25) is 0 Å². The van der Waals surface area contributed by atoms with E-state index < -0.39 is 12.8 Å². The lowest BCUT2D eigenvalue weighted by Crippen LogP contribution is -2.23. The molecule has 0 fully saturated rings. The highest BCUT2D eigenvalue weighted by Crippen LogP contribution is 2.28. The van der Waals surface area contributed by atoms with E-state index in [0.29, 0.717) is 22.7 Å². The van der Waals surface area contributed by atoms with Crippen LogP contribution in [0.3, 0.4) is 0 Å². The normalized spacial score (nSPS) is 11.4. The average Bonchev–Trinajstić information content (AvgIpc) is 2.64. The summed E-state index contributed by atoms with van der Waals surface area (Å²) in [6, 6.07) is 8.21. The molecule has 28 heavy (non-hydrogen) atoms. The third-order valence-electron chi connectivity index (χ3n) is 3.31. The number of aliphatic imine (C=N–C) groups is 1. The lowest BCUT2D eigenvalue weighted by molar-refractivity contribution is -0.154. The number of alkyl halides is 3. The van der Waals surface area contributed by atoms with Crippen molar-refractivity contribution in [1.29, 1.82) is 0 Å². The molecular weight excluding hydrogens is 492 g/mol. The van der Waals surface area contributed by atoms with Crippen molar-refractivity contribution in [1.82, 2.24) is 4.98 Å². The van der Waals surface area contributed by atoms with Crippen LogP contribution < -0.4 is 25.3 Å². The van der Waals surface area contributed by atoms with E-state index in [0.717, 1.165) is 0 Å². The van der Waals surface area contributed by atoms with Crippen LogP contribution in [-0.2, 0) is 6.54 Å². The molecule has 0 unspecified atom stereocenters.